The van der Waals surface area contributed by atoms with E-state index in [0.717, 1.165) is 43.1 Å². The van der Waals surface area contributed by atoms with E-state index >= 15 is 0 Å². The number of hydrogen-bond acceptors (Lipinski definition) is 5. The maximum absolute atomic E-state index is 13.4. The molecule has 0 aliphatic carbocycles. The molecule has 2 aliphatic heterocycles. The summed E-state index contributed by atoms with van der Waals surface area (Å²) in [6.07, 6.45) is 4.92. The Morgan fingerprint density at radius 1 is 1.03 bits per heavy atom. The Morgan fingerprint density at radius 2 is 1.73 bits per heavy atom. The summed E-state index contributed by atoms with van der Waals surface area (Å²) in [6, 6.07) is 9.92. The van der Waals surface area contributed by atoms with Crippen LogP contribution in [0, 0.1) is 5.82 Å². The lowest BCUT2D eigenvalue weighted by Crippen LogP contribution is -2.56. The first-order valence-electron chi connectivity index (χ1n) is 10.1. The lowest BCUT2D eigenvalue weighted by molar-refractivity contribution is 0.0410. The van der Waals surface area contributed by atoms with Gasteiger partial charge in [0.2, 0.25) is 0 Å². The van der Waals surface area contributed by atoms with Gasteiger partial charge in [-0.2, -0.15) is 0 Å². The molecule has 0 atom stereocenters. The number of carbonyl (C=O) groups excluding carboxylic acids is 1. The van der Waals surface area contributed by atoms with Crippen molar-refractivity contribution in [1.82, 2.24) is 29.5 Å². The second-order valence-corrected chi connectivity index (χ2v) is 8.21. The number of nitrogens with zero attached hydrogens (tertiary/aromatic N) is 6. The van der Waals surface area contributed by atoms with Crippen LogP contribution in [0.2, 0.25) is 0 Å². The quantitative estimate of drug-likeness (QED) is 0.654. The van der Waals surface area contributed by atoms with Gasteiger partial charge in [0, 0.05) is 43.2 Å². The molecule has 30 heavy (non-hydrogen) atoms. The standard InChI is InChI=1S/C22H23FN6O/c1-27-14-19-25-26-20(16-2-4-18(23)5-3-16)29(19)22(15-27)8-12-28(13-9-22)21(30)17-6-10-24-11-7-17/h2-7,10-11H,8-9,12-15H2,1H3. The average Bonchev–Trinajstić information content (AvgIpc) is 3.19. The lowest BCUT2D eigenvalue weighted by Gasteiger charge is -2.48. The molecule has 1 fully saturated rings. The monoisotopic (exact) mass is 406 g/mol. The molecule has 4 heterocycles. The second-order valence-electron chi connectivity index (χ2n) is 8.21. The first kappa shape index (κ1) is 18.9. The number of hydrogen-bond donors (Lipinski definition) is 0. The van der Waals surface area contributed by atoms with Crippen molar-refractivity contribution in [1.29, 1.82) is 0 Å². The molecule has 5 rings (SSSR count). The molecule has 2 aromatic heterocycles. The van der Waals surface area contributed by atoms with Gasteiger partial charge in [0.15, 0.2) is 5.82 Å². The molecule has 1 aromatic carbocycles. The topological polar surface area (TPSA) is 67.2 Å². The van der Waals surface area contributed by atoms with Crippen molar-refractivity contribution in [3.8, 4) is 11.4 Å². The van der Waals surface area contributed by atoms with E-state index in [1.54, 1.807) is 36.7 Å². The number of halogens is 1. The number of amides is 1. The number of fused-ring (bicyclic) bond motifs is 2. The number of likely N-dealkylation sites (tertiary alicyclic amines) is 1. The zero-order valence-electron chi connectivity index (χ0n) is 16.8. The van der Waals surface area contributed by atoms with Gasteiger partial charge in [-0.1, -0.05) is 0 Å². The van der Waals surface area contributed by atoms with Gasteiger partial charge < -0.3 is 9.47 Å². The highest BCUT2D eigenvalue weighted by Crippen LogP contribution is 2.39. The van der Waals surface area contributed by atoms with Crippen LogP contribution in [0.15, 0.2) is 48.8 Å². The van der Waals surface area contributed by atoms with Crippen molar-refractivity contribution >= 4 is 5.91 Å². The van der Waals surface area contributed by atoms with E-state index < -0.39 is 0 Å². The zero-order valence-corrected chi connectivity index (χ0v) is 16.8. The van der Waals surface area contributed by atoms with Gasteiger partial charge in [-0.25, -0.2) is 4.39 Å². The Morgan fingerprint density at radius 3 is 2.43 bits per heavy atom. The van der Waals surface area contributed by atoms with Crippen LogP contribution in [0.5, 0.6) is 0 Å². The normalized spacial score (nSPS) is 18.4. The van der Waals surface area contributed by atoms with Crippen LogP contribution < -0.4 is 0 Å². The third-order valence-electron chi connectivity index (χ3n) is 6.19. The molecule has 2 aliphatic rings. The predicted molar refractivity (Wildman–Crippen MR) is 109 cm³/mol. The summed E-state index contributed by atoms with van der Waals surface area (Å²) < 4.78 is 15.7. The number of piperidine rings is 1. The van der Waals surface area contributed by atoms with Gasteiger partial charge in [0.1, 0.15) is 11.6 Å². The second kappa shape index (κ2) is 7.28. The van der Waals surface area contributed by atoms with Gasteiger partial charge in [-0.3, -0.25) is 14.7 Å². The van der Waals surface area contributed by atoms with E-state index in [0.29, 0.717) is 18.7 Å². The molecule has 0 unspecified atom stereocenters. The maximum Gasteiger partial charge on any atom is 0.253 e. The summed E-state index contributed by atoms with van der Waals surface area (Å²) in [4.78, 5) is 21.0. The number of pyridine rings is 1. The predicted octanol–water partition coefficient (Wildman–Crippen LogP) is 2.56. The minimum absolute atomic E-state index is 0.0409. The van der Waals surface area contributed by atoms with Crippen LogP contribution >= 0.6 is 0 Å². The Balaban J connectivity index is 1.46. The molecular formula is C22H23FN6O. The molecule has 0 N–H and O–H groups in total. The summed E-state index contributed by atoms with van der Waals surface area (Å²) >= 11 is 0. The zero-order chi connectivity index (χ0) is 20.7. The highest BCUT2D eigenvalue weighted by atomic mass is 19.1. The fraction of sp³-hybridized carbons (Fsp3) is 0.364. The van der Waals surface area contributed by atoms with E-state index in [2.05, 4.69) is 31.7 Å². The number of carbonyl (C=O) groups is 1. The van der Waals surface area contributed by atoms with Crippen LogP contribution in [0.3, 0.4) is 0 Å². The molecule has 0 saturated carbocycles. The lowest BCUT2D eigenvalue weighted by atomic mass is 9.84. The number of aromatic nitrogens is 4. The van der Waals surface area contributed by atoms with E-state index in [1.807, 2.05) is 4.90 Å². The number of rotatable bonds is 2. The molecule has 1 spiro atoms. The van der Waals surface area contributed by atoms with Gasteiger partial charge in [-0.15, -0.1) is 10.2 Å². The van der Waals surface area contributed by atoms with Crippen molar-refractivity contribution in [3.63, 3.8) is 0 Å². The maximum atomic E-state index is 13.4. The van der Waals surface area contributed by atoms with E-state index in [1.165, 1.54) is 12.1 Å². The summed E-state index contributed by atoms with van der Waals surface area (Å²) in [5.74, 6) is 1.46. The van der Waals surface area contributed by atoms with Crippen molar-refractivity contribution in [2.45, 2.75) is 24.9 Å². The minimum Gasteiger partial charge on any atom is -0.338 e. The Bertz CT molecular complexity index is 1060. The van der Waals surface area contributed by atoms with Crippen molar-refractivity contribution < 1.29 is 9.18 Å². The van der Waals surface area contributed by atoms with Gasteiger partial charge in [-0.05, 0) is 56.3 Å². The molecule has 0 radical (unpaired) electrons. The van der Waals surface area contributed by atoms with E-state index in [4.69, 9.17) is 0 Å². The summed E-state index contributed by atoms with van der Waals surface area (Å²) in [5.41, 5.74) is 1.33. The minimum atomic E-state index is -0.269. The summed E-state index contributed by atoms with van der Waals surface area (Å²) in [5, 5.41) is 8.91. The molecule has 1 amide bonds. The fourth-order valence-electron chi connectivity index (χ4n) is 4.76. The SMILES string of the molecule is CN1Cc2nnc(-c3ccc(F)cc3)n2C2(CCN(C(=O)c3ccncc3)CC2)C1. The molecule has 3 aromatic rings. The van der Waals surface area contributed by atoms with Crippen molar-refractivity contribution in [2.75, 3.05) is 26.7 Å². The Kier molecular flexibility index (Phi) is 4.58. The molecule has 7 nitrogen and oxygen atoms in total. The highest BCUT2D eigenvalue weighted by Gasteiger charge is 2.44. The number of benzene rings is 1. The molecule has 8 heteroatoms. The molecule has 1 saturated heterocycles. The first-order valence-corrected chi connectivity index (χ1v) is 10.1. The average molecular weight is 406 g/mol. The smallest absolute Gasteiger partial charge is 0.253 e. The summed E-state index contributed by atoms with van der Waals surface area (Å²) in [6.45, 7) is 2.91. The molecular weight excluding hydrogens is 383 g/mol. The van der Waals surface area contributed by atoms with Gasteiger partial charge in [0.05, 0.1) is 12.1 Å². The largest absolute Gasteiger partial charge is 0.338 e. The van der Waals surface area contributed by atoms with Crippen LogP contribution in [-0.2, 0) is 12.1 Å². The van der Waals surface area contributed by atoms with Crippen molar-refractivity contribution in [3.05, 3.63) is 66.0 Å². The van der Waals surface area contributed by atoms with Crippen molar-refractivity contribution in [2.24, 2.45) is 0 Å². The third kappa shape index (κ3) is 3.17. The summed E-state index contributed by atoms with van der Waals surface area (Å²) in [7, 11) is 2.09. The fourth-order valence-corrected chi connectivity index (χ4v) is 4.76. The van der Waals surface area contributed by atoms with Crippen LogP contribution in [0.1, 0.15) is 29.0 Å². The van der Waals surface area contributed by atoms with Crippen LogP contribution in [-0.4, -0.2) is 62.1 Å². The number of likely N-dealkylation sites (N-methyl/N-ethyl adjacent to an activating group) is 1. The Hall–Kier alpha value is -3.13. The van der Waals surface area contributed by atoms with Crippen LogP contribution in [0.25, 0.3) is 11.4 Å². The first-order chi connectivity index (χ1) is 14.6. The van der Waals surface area contributed by atoms with E-state index in [9.17, 15) is 9.18 Å². The highest BCUT2D eigenvalue weighted by molar-refractivity contribution is 5.94. The third-order valence-corrected chi connectivity index (χ3v) is 6.19. The van der Waals surface area contributed by atoms with Gasteiger partial charge >= 0.3 is 0 Å². The molecule has 154 valence electrons. The van der Waals surface area contributed by atoms with E-state index in [-0.39, 0.29) is 17.3 Å². The molecule has 0 bridgehead atoms. The Labute approximate surface area is 174 Å². The van der Waals surface area contributed by atoms with Crippen LogP contribution in [0.4, 0.5) is 4.39 Å². The van der Waals surface area contributed by atoms with Gasteiger partial charge in [0.25, 0.3) is 5.91 Å².